The van der Waals surface area contributed by atoms with Gasteiger partial charge in [-0.2, -0.15) is 0 Å². The minimum Gasteiger partial charge on any atom is -0.396 e. The largest absolute Gasteiger partial charge is 0.396 e. The van der Waals surface area contributed by atoms with Crippen LogP contribution in [-0.4, -0.2) is 29.7 Å². The molecule has 1 saturated heterocycles. The Bertz CT molecular complexity index is 278. The van der Waals surface area contributed by atoms with Crippen molar-refractivity contribution in [3.63, 3.8) is 0 Å². The maximum absolute atomic E-state index is 9.02. The van der Waals surface area contributed by atoms with Crippen LogP contribution in [0.1, 0.15) is 12.0 Å². The van der Waals surface area contributed by atoms with E-state index in [9.17, 15) is 0 Å². The molecule has 1 aliphatic rings. The zero-order valence-electron chi connectivity index (χ0n) is 8.80. The molecule has 1 fully saturated rings. The lowest BCUT2D eigenvalue weighted by Gasteiger charge is -2.15. The third-order valence-corrected chi connectivity index (χ3v) is 2.88. The van der Waals surface area contributed by atoms with E-state index in [1.54, 1.807) is 0 Å². The minimum atomic E-state index is 0. The molecule has 1 aromatic rings. The van der Waals surface area contributed by atoms with Gasteiger partial charge >= 0.3 is 0 Å². The summed E-state index contributed by atoms with van der Waals surface area (Å²) < 4.78 is 0. The summed E-state index contributed by atoms with van der Waals surface area (Å²) in [6.45, 7) is 3.54. The number of nitrogens with zero attached hydrogens (tertiary/aromatic N) is 1. The van der Waals surface area contributed by atoms with Crippen LogP contribution in [0.15, 0.2) is 30.3 Å². The Labute approximate surface area is 97.3 Å². The van der Waals surface area contributed by atoms with E-state index < -0.39 is 0 Å². The molecule has 1 heterocycles. The smallest absolute Gasteiger partial charge is 0.0471 e. The highest BCUT2D eigenvalue weighted by Crippen LogP contribution is 2.17. The van der Waals surface area contributed by atoms with Gasteiger partial charge in [-0.25, -0.2) is 0 Å². The summed E-state index contributed by atoms with van der Waals surface area (Å²) in [4.78, 5) is 2.41. The second-order valence-electron chi connectivity index (χ2n) is 4.06. The predicted octanol–water partition coefficient (Wildman–Crippen LogP) is 1.92. The van der Waals surface area contributed by atoms with Crippen molar-refractivity contribution in [2.75, 3.05) is 19.7 Å². The molecule has 0 aromatic heterocycles. The predicted molar refractivity (Wildman–Crippen MR) is 64.2 cm³/mol. The van der Waals surface area contributed by atoms with Crippen molar-refractivity contribution < 1.29 is 5.11 Å². The Balaban J connectivity index is 0.00000112. The highest BCUT2D eigenvalue weighted by Gasteiger charge is 2.21. The molecule has 2 rings (SSSR count). The number of hydrogen-bond donors (Lipinski definition) is 1. The summed E-state index contributed by atoms with van der Waals surface area (Å²) in [6, 6.07) is 10.5. The van der Waals surface area contributed by atoms with Crippen LogP contribution >= 0.6 is 12.4 Å². The zero-order valence-corrected chi connectivity index (χ0v) is 9.62. The molecule has 0 spiro atoms. The van der Waals surface area contributed by atoms with Gasteiger partial charge in [-0.3, -0.25) is 4.90 Å². The fourth-order valence-electron chi connectivity index (χ4n) is 2.05. The van der Waals surface area contributed by atoms with Crippen molar-refractivity contribution in [1.29, 1.82) is 0 Å². The average Bonchev–Trinajstić information content (AvgIpc) is 2.67. The Morgan fingerprint density at radius 3 is 2.60 bits per heavy atom. The van der Waals surface area contributed by atoms with Gasteiger partial charge in [-0.15, -0.1) is 12.4 Å². The molecule has 84 valence electrons. The van der Waals surface area contributed by atoms with Gasteiger partial charge in [0, 0.05) is 19.7 Å². The first kappa shape index (κ1) is 12.5. The lowest BCUT2D eigenvalue weighted by atomic mass is 10.1. The van der Waals surface area contributed by atoms with Crippen LogP contribution in [0.25, 0.3) is 0 Å². The summed E-state index contributed by atoms with van der Waals surface area (Å²) >= 11 is 0. The van der Waals surface area contributed by atoms with E-state index in [2.05, 4.69) is 29.2 Å². The molecule has 0 bridgehead atoms. The number of likely N-dealkylation sites (tertiary alicyclic amines) is 1. The first-order chi connectivity index (χ1) is 6.88. The van der Waals surface area contributed by atoms with Crippen LogP contribution in [0.2, 0.25) is 0 Å². The van der Waals surface area contributed by atoms with Gasteiger partial charge in [0.15, 0.2) is 0 Å². The van der Waals surface area contributed by atoms with E-state index in [-0.39, 0.29) is 12.4 Å². The molecule has 1 aliphatic heterocycles. The van der Waals surface area contributed by atoms with E-state index >= 15 is 0 Å². The molecule has 1 aromatic carbocycles. The first-order valence-corrected chi connectivity index (χ1v) is 5.25. The van der Waals surface area contributed by atoms with Crippen molar-refractivity contribution in [3.05, 3.63) is 35.9 Å². The van der Waals surface area contributed by atoms with E-state index in [1.807, 2.05) is 6.07 Å². The molecule has 1 N–H and O–H groups in total. The molecule has 1 atom stereocenters. The monoisotopic (exact) mass is 227 g/mol. The van der Waals surface area contributed by atoms with Gasteiger partial charge in [0.1, 0.15) is 0 Å². The third kappa shape index (κ3) is 3.49. The number of aliphatic hydroxyl groups is 1. The van der Waals surface area contributed by atoms with Crippen LogP contribution in [0.5, 0.6) is 0 Å². The molecule has 0 radical (unpaired) electrons. The summed E-state index contributed by atoms with van der Waals surface area (Å²) in [7, 11) is 0. The van der Waals surface area contributed by atoms with Gasteiger partial charge in [0.05, 0.1) is 0 Å². The van der Waals surface area contributed by atoms with Crippen LogP contribution in [-0.2, 0) is 6.54 Å². The van der Waals surface area contributed by atoms with E-state index in [4.69, 9.17) is 5.11 Å². The third-order valence-electron chi connectivity index (χ3n) is 2.88. The summed E-state index contributed by atoms with van der Waals surface area (Å²) in [5.74, 6) is 0.499. The fourth-order valence-corrected chi connectivity index (χ4v) is 2.05. The molecular formula is C12H18ClNO. The van der Waals surface area contributed by atoms with Gasteiger partial charge in [0.25, 0.3) is 0 Å². The molecule has 0 saturated carbocycles. The lowest BCUT2D eigenvalue weighted by molar-refractivity contribution is 0.220. The van der Waals surface area contributed by atoms with Crippen molar-refractivity contribution >= 4 is 12.4 Å². The number of halogens is 1. The quantitative estimate of drug-likeness (QED) is 0.853. The maximum atomic E-state index is 9.02. The van der Waals surface area contributed by atoms with Crippen LogP contribution in [0, 0.1) is 5.92 Å². The topological polar surface area (TPSA) is 23.5 Å². The van der Waals surface area contributed by atoms with Crippen molar-refractivity contribution in [2.24, 2.45) is 5.92 Å². The standard InChI is InChI=1S/C12H17NO.ClH/c14-10-12-6-7-13(9-12)8-11-4-2-1-3-5-11;/h1-5,12,14H,6-10H2;1H. The van der Waals surface area contributed by atoms with Crippen molar-refractivity contribution in [2.45, 2.75) is 13.0 Å². The molecule has 15 heavy (non-hydrogen) atoms. The number of aliphatic hydroxyl groups excluding tert-OH is 1. The molecule has 3 heteroatoms. The highest BCUT2D eigenvalue weighted by atomic mass is 35.5. The van der Waals surface area contributed by atoms with Gasteiger partial charge in [-0.05, 0) is 24.4 Å². The Hall–Kier alpha value is -0.570. The Morgan fingerprint density at radius 2 is 2.00 bits per heavy atom. The molecule has 2 nitrogen and oxygen atoms in total. The fraction of sp³-hybridized carbons (Fsp3) is 0.500. The summed E-state index contributed by atoms with van der Waals surface area (Å²) in [5, 5.41) is 9.02. The lowest BCUT2D eigenvalue weighted by Crippen LogP contribution is -2.20. The Kier molecular flexibility index (Phi) is 5.09. The summed E-state index contributed by atoms with van der Waals surface area (Å²) in [5.41, 5.74) is 1.37. The zero-order chi connectivity index (χ0) is 9.80. The van der Waals surface area contributed by atoms with Crippen molar-refractivity contribution in [3.8, 4) is 0 Å². The van der Waals surface area contributed by atoms with E-state index in [0.29, 0.717) is 12.5 Å². The van der Waals surface area contributed by atoms with Crippen LogP contribution < -0.4 is 0 Å². The van der Waals surface area contributed by atoms with E-state index in [0.717, 1.165) is 26.1 Å². The maximum Gasteiger partial charge on any atom is 0.0471 e. The van der Waals surface area contributed by atoms with Crippen LogP contribution in [0.4, 0.5) is 0 Å². The number of benzene rings is 1. The minimum absolute atomic E-state index is 0. The van der Waals surface area contributed by atoms with Gasteiger partial charge < -0.3 is 5.11 Å². The first-order valence-electron chi connectivity index (χ1n) is 5.25. The number of hydrogen-bond acceptors (Lipinski definition) is 2. The van der Waals surface area contributed by atoms with Crippen molar-refractivity contribution in [1.82, 2.24) is 4.90 Å². The molecule has 0 amide bonds. The average molecular weight is 228 g/mol. The van der Waals surface area contributed by atoms with Gasteiger partial charge in [0.2, 0.25) is 0 Å². The van der Waals surface area contributed by atoms with Gasteiger partial charge in [-0.1, -0.05) is 30.3 Å². The second-order valence-corrected chi connectivity index (χ2v) is 4.06. The normalized spacial score (nSPS) is 21.3. The second kappa shape index (κ2) is 6.11. The summed E-state index contributed by atoms with van der Waals surface area (Å²) in [6.07, 6.45) is 1.14. The molecular weight excluding hydrogens is 210 g/mol. The number of rotatable bonds is 3. The highest BCUT2D eigenvalue weighted by molar-refractivity contribution is 5.85. The van der Waals surface area contributed by atoms with Crippen LogP contribution in [0.3, 0.4) is 0 Å². The SMILES string of the molecule is Cl.OCC1CCN(Cc2ccccc2)C1. The Morgan fingerprint density at radius 1 is 1.27 bits per heavy atom. The molecule has 1 unspecified atom stereocenters. The molecule has 0 aliphatic carbocycles. The van der Waals surface area contributed by atoms with E-state index in [1.165, 1.54) is 5.56 Å².